The van der Waals surface area contributed by atoms with E-state index in [1.165, 1.54) is 24.5 Å². The summed E-state index contributed by atoms with van der Waals surface area (Å²) in [4.78, 5) is 18.9. The van der Waals surface area contributed by atoms with E-state index in [9.17, 15) is 31.1 Å². The topological polar surface area (TPSA) is 73.3 Å². The van der Waals surface area contributed by atoms with Crippen molar-refractivity contribution in [2.45, 2.75) is 37.5 Å². The predicted octanol–water partition coefficient (Wildman–Crippen LogP) is 5.70. The zero-order valence-corrected chi connectivity index (χ0v) is 17.7. The maximum atomic E-state index is 13.6. The van der Waals surface area contributed by atoms with Gasteiger partial charge < -0.3 is 14.8 Å². The smallest absolute Gasteiger partial charge is 0.464 e. The first kappa shape index (κ1) is 24.3. The van der Waals surface area contributed by atoms with Gasteiger partial charge in [-0.15, -0.1) is 13.2 Å². The van der Waals surface area contributed by atoms with E-state index in [2.05, 4.69) is 20.0 Å². The van der Waals surface area contributed by atoms with Crippen LogP contribution >= 0.6 is 0 Å². The molecule has 184 valence electrons. The number of carbonyl (C=O) groups is 1. The van der Waals surface area contributed by atoms with Crippen molar-refractivity contribution in [1.82, 2.24) is 9.97 Å². The first-order valence-corrected chi connectivity index (χ1v) is 10.2. The van der Waals surface area contributed by atoms with Crippen molar-refractivity contribution >= 4 is 12.3 Å². The predicted molar refractivity (Wildman–Crippen MR) is 111 cm³/mol. The van der Waals surface area contributed by atoms with Gasteiger partial charge in [-0.05, 0) is 47.4 Å². The molecule has 1 aliphatic rings. The molecule has 1 heterocycles. The Morgan fingerprint density at radius 1 is 1.00 bits per heavy atom. The molecule has 1 saturated carbocycles. The van der Waals surface area contributed by atoms with Crippen molar-refractivity contribution < 1.29 is 40.6 Å². The fraction of sp³-hybridized carbons (Fsp3) is 0.261. The summed E-state index contributed by atoms with van der Waals surface area (Å²) in [6, 6.07) is 7.70. The molecule has 1 fully saturated rings. The van der Waals surface area contributed by atoms with E-state index in [1.807, 2.05) is 0 Å². The van der Waals surface area contributed by atoms with Gasteiger partial charge in [-0.3, -0.25) is 9.78 Å². The van der Waals surface area contributed by atoms with Crippen LogP contribution in [0.1, 0.15) is 29.2 Å². The van der Waals surface area contributed by atoms with Crippen LogP contribution in [-0.2, 0) is 22.3 Å². The summed E-state index contributed by atoms with van der Waals surface area (Å²) in [5, 5.41) is 2.97. The molecule has 1 aromatic heterocycles. The number of rotatable bonds is 8. The number of hydrogen-bond donors (Lipinski definition) is 1. The number of halogens is 6. The van der Waals surface area contributed by atoms with Crippen LogP contribution in [0.4, 0.5) is 32.2 Å². The molecule has 35 heavy (non-hydrogen) atoms. The Morgan fingerprint density at radius 3 is 2.34 bits per heavy atom. The minimum Gasteiger partial charge on any atom is -0.464 e. The lowest BCUT2D eigenvalue weighted by Gasteiger charge is -2.16. The molecule has 1 N–H and O–H groups in total. The minimum atomic E-state index is -4.91. The second kappa shape index (κ2) is 9.43. The van der Waals surface area contributed by atoms with Crippen LogP contribution in [0.3, 0.4) is 0 Å². The first-order chi connectivity index (χ1) is 16.5. The molecular weight excluding hydrogens is 480 g/mol. The standard InChI is InChI=1S/C23H17F6N3O3/c24-22(25,26)18-6-1-13(7-16(18)14-2-4-15(5-3-14)35-23(27,28)29)9-31-21-11-30-19(10-32-21)17-8-20(17)34-12-33/h1-7,10-12,17,20H,8-9H2,(H,31,32)/t17?,20-/m0/s1. The highest BCUT2D eigenvalue weighted by Gasteiger charge is 2.42. The molecule has 2 atom stereocenters. The molecule has 0 radical (unpaired) electrons. The lowest BCUT2D eigenvalue weighted by Crippen LogP contribution is -2.17. The number of aromatic nitrogens is 2. The Hall–Kier alpha value is -3.83. The van der Waals surface area contributed by atoms with Crippen LogP contribution < -0.4 is 10.1 Å². The molecule has 0 saturated heterocycles. The SMILES string of the molecule is O=CO[C@H]1CC1c1cnc(NCc2ccc(C(F)(F)F)c(-c3ccc(OC(F)(F)F)cc3)c2)cn1. The van der Waals surface area contributed by atoms with Gasteiger partial charge in [-0.1, -0.05) is 18.2 Å². The van der Waals surface area contributed by atoms with Gasteiger partial charge in [0.15, 0.2) is 0 Å². The van der Waals surface area contributed by atoms with E-state index in [-0.39, 0.29) is 29.7 Å². The lowest BCUT2D eigenvalue weighted by atomic mass is 9.96. The molecule has 0 amide bonds. The molecular formula is C23H17F6N3O3. The molecule has 0 bridgehead atoms. The zero-order chi connectivity index (χ0) is 25.2. The molecule has 6 nitrogen and oxygen atoms in total. The number of carbonyl (C=O) groups excluding carboxylic acids is 1. The second-order valence-electron chi connectivity index (χ2n) is 7.74. The van der Waals surface area contributed by atoms with E-state index in [4.69, 9.17) is 4.74 Å². The second-order valence-corrected chi connectivity index (χ2v) is 7.74. The molecule has 1 aliphatic carbocycles. The highest BCUT2D eigenvalue weighted by molar-refractivity contribution is 5.69. The van der Waals surface area contributed by atoms with Crippen molar-refractivity contribution in [3.63, 3.8) is 0 Å². The van der Waals surface area contributed by atoms with Gasteiger partial charge in [-0.25, -0.2) is 4.98 Å². The first-order valence-electron chi connectivity index (χ1n) is 10.2. The Labute approximate surface area is 194 Å². The summed E-state index contributed by atoms with van der Waals surface area (Å²) in [5.41, 5.74) is 0.112. The summed E-state index contributed by atoms with van der Waals surface area (Å²) >= 11 is 0. The van der Waals surface area contributed by atoms with E-state index < -0.39 is 23.9 Å². The maximum absolute atomic E-state index is 13.6. The highest BCUT2D eigenvalue weighted by Crippen LogP contribution is 2.42. The quantitative estimate of drug-likeness (QED) is 0.318. The van der Waals surface area contributed by atoms with Crippen molar-refractivity contribution in [3.8, 4) is 16.9 Å². The van der Waals surface area contributed by atoms with Crippen molar-refractivity contribution in [3.05, 3.63) is 71.7 Å². The summed E-state index contributed by atoms with van der Waals surface area (Å²) in [5.74, 6) is -0.158. The van der Waals surface area contributed by atoms with Crippen LogP contribution in [0, 0.1) is 0 Å². The third-order valence-corrected chi connectivity index (χ3v) is 5.28. The normalized spacial score (nSPS) is 17.5. The highest BCUT2D eigenvalue weighted by atomic mass is 19.4. The number of hydrogen-bond acceptors (Lipinski definition) is 6. The lowest BCUT2D eigenvalue weighted by molar-refractivity contribution is -0.274. The molecule has 2 aromatic carbocycles. The Balaban J connectivity index is 1.49. The number of anilines is 1. The summed E-state index contributed by atoms with van der Waals surface area (Å²) in [6.45, 7) is 0.506. The molecule has 0 aliphatic heterocycles. The molecule has 3 aromatic rings. The van der Waals surface area contributed by atoms with Crippen LogP contribution in [0.5, 0.6) is 5.75 Å². The number of ether oxygens (including phenoxy) is 2. The Bertz CT molecular complexity index is 1180. The third kappa shape index (κ3) is 6.19. The van der Waals surface area contributed by atoms with Crippen LogP contribution in [0.25, 0.3) is 11.1 Å². The number of nitrogens with zero attached hydrogens (tertiary/aromatic N) is 2. The third-order valence-electron chi connectivity index (χ3n) is 5.28. The number of nitrogens with one attached hydrogen (secondary N) is 1. The fourth-order valence-electron chi connectivity index (χ4n) is 3.54. The van der Waals surface area contributed by atoms with Crippen LogP contribution in [0.15, 0.2) is 54.9 Å². The minimum absolute atomic E-state index is 0.00728. The Morgan fingerprint density at radius 2 is 1.74 bits per heavy atom. The van der Waals surface area contributed by atoms with Gasteiger partial charge in [0.2, 0.25) is 0 Å². The van der Waals surface area contributed by atoms with Crippen molar-refractivity contribution in [2.75, 3.05) is 5.32 Å². The fourth-order valence-corrected chi connectivity index (χ4v) is 3.54. The molecule has 1 unspecified atom stereocenters. The van der Waals surface area contributed by atoms with E-state index in [0.717, 1.165) is 30.3 Å². The van der Waals surface area contributed by atoms with E-state index >= 15 is 0 Å². The van der Waals surface area contributed by atoms with Crippen molar-refractivity contribution in [1.29, 1.82) is 0 Å². The van der Waals surface area contributed by atoms with Gasteiger partial charge in [0.1, 0.15) is 17.7 Å². The molecule has 0 spiro atoms. The van der Waals surface area contributed by atoms with Gasteiger partial charge in [0.05, 0.1) is 23.7 Å². The Kier molecular flexibility index (Phi) is 6.55. The average molecular weight is 497 g/mol. The average Bonchev–Trinajstić information content (AvgIpc) is 3.56. The summed E-state index contributed by atoms with van der Waals surface area (Å²) in [7, 11) is 0. The van der Waals surface area contributed by atoms with Crippen LogP contribution in [0.2, 0.25) is 0 Å². The van der Waals surface area contributed by atoms with Gasteiger partial charge in [0.25, 0.3) is 6.47 Å². The van der Waals surface area contributed by atoms with E-state index in [1.54, 1.807) is 0 Å². The van der Waals surface area contributed by atoms with Gasteiger partial charge >= 0.3 is 12.5 Å². The van der Waals surface area contributed by atoms with Gasteiger partial charge in [0, 0.05) is 12.5 Å². The molecule has 12 heteroatoms. The largest absolute Gasteiger partial charge is 0.573 e. The number of alkyl halides is 6. The monoisotopic (exact) mass is 497 g/mol. The van der Waals surface area contributed by atoms with Gasteiger partial charge in [-0.2, -0.15) is 13.2 Å². The summed E-state index contributed by atoms with van der Waals surface area (Å²) in [6.07, 6.45) is -6.12. The van der Waals surface area contributed by atoms with Crippen molar-refractivity contribution in [2.24, 2.45) is 0 Å². The van der Waals surface area contributed by atoms with E-state index in [0.29, 0.717) is 30.0 Å². The number of benzene rings is 2. The maximum Gasteiger partial charge on any atom is 0.573 e. The molecule has 4 rings (SSSR count). The van der Waals surface area contributed by atoms with Crippen LogP contribution in [-0.4, -0.2) is 28.9 Å². The summed E-state index contributed by atoms with van der Waals surface area (Å²) < 4.78 is 86.5. The zero-order valence-electron chi connectivity index (χ0n) is 17.7.